The number of hydrogen-bond acceptors (Lipinski definition) is 4. The van der Waals surface area contributed by atoms with Gasteiger partial charge in [-0.3, -0.25) is 0 Å². The maximum absolute atomic E-state index is 6.02. The van der Waals surface area contributed by atoms with Crippen molar-refractivity contribution in [3.05, 3.63) is 5.56 Å². The van der Waals surface area contributed by atoms with Gasteiger partial charge in [0.15, 0.2) is 0 Å². The van der Waals surface area contributed by atoms with Crippen molar-refractivity contribution >= 4 is 22.4 Å². The van der Waals surface area contributed by atoms with Gasteiger partial charge in [0.05, 0.1) is 0 Å². The van der Waals surface area contributed by atoms with Crippen molar-refractivity contribution in [2.75, 3.05) is 23.7 Å². The van der Waals surface area contributed by atoms with Crippen LogP contribution in [0.4, 0.5) is 10.8 Å². The second-order valence-electron chi connectivity index (χ2n) is 5.80. The molecule has 2 heterocycles. The van der Waals surface area contributed by atoms with E-state index in [4.69, 9.17) is 5.73 Å². The molecule has 0 amide bonds. The number of nitrogens with zero attached hydrogens (tertiary/aromatic N) is 2. The van der Waals surface area contributed by atoms with Crippen LogP contribution in [0.2, 0.25) is 0 Å². The van der Waals surface area contributed by atoms with Crippen molar-refractivity contribution in [1.29, 1.82) is 0 Å². The van der Waals surface area contributed by atoms with Crippen LogP contribution in [0.5, 0.6) is 0 Å². The van der Waals surface area contributed by atoms with E-state index in [-0.39, 0.29) is 0 Å². The largest absolute Gasteiger partial charge is 0.383 e. The van der Waals surface area contributed by atoms with Gasteiger partial charge in [-0.1, -0.05) is 13.8 Å². The average molecular weight is 251 g/mol. The van der Waals surface area contributed by atoms with E-state index in [0.29, 0.717) is 5.92 Å². The van der Waals surface area contributed by atoms with E-state index in [1.807, 2.05) is 0 Å². The van der Waals surface area contributed by atoms with Gasteiger partial charge in [0.25, 0.3) is 0 Å². The zero-order valence-corrected chi connectivity index (χ0v) is 11.5. The summed E-state index contributed by atoms with van der Waals surface area (Å²) in [5.74, 6) is 3.13. The Kier molecular flexibility index (Phi) is 2.77. The number of nitrogen functional groups attached to an aromatic ring is 1. The topological polar surface area (TPSA) is 42.2 Å². The summed E-state index contributed by atoms with van der Waals surface area (Å²) >= 11 is 1.61. The highest BCUT2D eigenvalue weighted by atomic mass is 32.1. The lowest BCUT2D eigenvalue weighted by Gasteiger charge is -2.19. The third kappa shape index (κ3) is 2.03. The monoisotopic (exact) mass is 251 g/mol. The van der Waals surface area contributed by atoms with Crippen LogP contribution in [0.3, 0.4) is 0 Å². The molecular weight excluding hydrogens is 230 g/mol. The van der Waals surface area contributed by atoms with E-state index in [2.05, 4.69) is 23.1 Å². The van der Waals surface area contributed by atoms with E-state index in [9.17, 15) is 0 Å². The van der Waals surface area contributed by atoms with Gasteiger partial charge in [0, 0.05) is 18.7 Å². The minimum absolute atomic E-state index is 0.710. The second-order valence-corrected chi connectivity index (χ2v) is 6.55. The second kappa shape index (κ2) is 4.16. The molecule has 1 saturated heterocycles. The van der Waals surface area contributed by atoms with Crippen molar-refractivity contribution in [3.63, 3.8) is 0 Å². The SMILES string of the molecule is CC(C)C1CCN(c2snc(N)c2C2CC2)C1. The molecule has 1 unspecified atom stereocenters. The normalized spacial score (nSPS) is 24.9. The van der Waals surface area contributed by atoms with Gasteiger partial charge in [-0.25, -0.2) is 0 Å². The Hall–Kier alpha value is -0.770. The number of aromatic nitrogens is 1. The molecule has 1 saturated carbocycles. The van der Waals surface area contributed by atoms with E-state index >= 15 is 0 Å². The maximum Gasteiger partial charge on any atom is 0.142 e. The molecule has 2 fully saturated rings. The van der Waals surface area contributed by atoms with Gasteiger partial charge in [-0.15, -0.1) is 0 Å². The summed E-state index contributed by atoms with van der Waals surface area (Å²) in [6.45, 7) is 7.04. The van der Waals surface area contributed by atoms with Gasteiger partial charge >= 0.3 is 0 Å². The average Bonchev–Trinajstić information content (AvgIpc) is 2.87. The van der Waals surface area contributed by atoms with Crippen LogP contribution in [0.1, 0.15) is 44.6 Å². The van der Waals surface area contributed by atoms with Crippen LogP contribution in [0, 0.1) is 11.8 Å². The third-order valence-electron chi connectivity index (χ3n) is 4.18. The van der Waals surface area contributed by atoms with Gasteiger partial charge in [0.2, 0.25) is 0 Å². The number of anilines is 2. The van der Waals surface area contributed by atoms with Crippen molar-refractivity contribution < 1.29 is 0 Å². The first-order valence-corrected chi connectivity index (χ1v) is 7.44. The van der Waals surface area contributed by atoms with Crippen LogP contribution in [0.25, 0.3) is 0 Å². The zero-order chi connectivity index (χ0) is 12.0. The first-order chi connectivity index (χ1) is 8.16. The van der Waals surface area contributed by atoms with Gasteiger partial charge < -0.3 is 10.6 Å². The predicted molar refractivity (Wildman–Crippen MR) is 73.7 cm³/mol. The Balaban J connectivity index is 1.81. The molecule has 0 radical (unpaired) electrons. The van der Waals surface area contributed by atoms with Crippen LogP contribution in [-0.2, 0) is 0 Å². The molecule has 17 heavy (non-hydrogen) atoms. The van der Waals surface area contributed by atoms with Gasteiger partial charge in [0.1, 0.15) is 10.8 Å². The fourth-order valence-corrected chi connectivity index (χ4v) is 3.73. The summed E-state index contributed by atoms with van der Waals surface area (Å²) in [6.07, 6.45) is 3.92. The van der Waals surface area contributed by atoms with E-state index < -0.39 is 0 Å². The van der Waals surface area contributed by atoms with Crippen molar-refractivity contribution in [3.8, 4) is 0 Å². The molecule has 1 aromatic rings. The molecule has 94 valence electrons. The van der Waals surface area contributed by atoms with Crippen LogP contribution in [0.15, 0.2) is 0 Å². The Bertz CT molecular complexity index is 409. The summed E-state index contributed by atoms with van der Waals surface area (Å²) in [4.78, 5) is 2.52. The minimum Gasteiger partial charge on any atom is -0.383 e. The third-order valence-corrected chi connectivity index (χ3v) is 5.12. The molecule has 4 heteroatoms. The summed E-state index contributed by atoms with van der Waals surface area (Å²) in [7, 11) is 0. The molecule has 1 aromatic heterocycles. The Morgan fingerprint density at radius 1 is 1.35 bits per heavy atom. The minimum atomic E-state index is 0.710. The van der Waals surface area contributed by atoms with Crippen LogP contribution < -0.4 is 10.6 Å². The molecule has 0 spiro atoms. The smallest absolute Gasteiger partial charge is 0.142 e. The first-order valence-electron chi connectivity index (χ1n) is 6.66. The molecule has 0 aromatic carbocycles. The number of rotatable bonds is 3. The first kappa shape index (κ1) is 11.3. The molecule has 3 nitrogen and oxygen atoms in total. The highest BCUT2D eigenvalue weighted by molar-refractivity contribution is 7.10. The Morgan fingerprint density at radius 3 is 2.71 bits per heavy atom. The van der Waals surface area contributed by atoms with Gasteiger partial charge in [-0.2, -0.15) is 4.37 Å². The number of nitrogens with two attached hydrogens (primary N) is 1. The van der Waals surface area contributed by atoms with Gasteiger partial charge in [-0.05, 0) is 48.5 Å². The Labute approximate surface area is 107 Å². The fraction of sp³-hybridized carbons (Fsp3) is 0.769. The summed E-state index contributed by atoms with van der Waals surface area (Å²) < 4.78 is 4.37. The van der Waals surface area contributed by atoms with Crippen molar-refractivity contribution in [1.82, 2.24) is 4.37 Å². The molecule has 1 atom stereocenters. The predicted octanol–water partition coefficient (Wildman–Crippen LogP) is 3.09. The Morgan fingerprint density at radius 2 is 2.12 bits per heavy atom. The van der Waals surface area contributed by atoms with Crippen molar-refractivity contribution in [2.24, 2.45) is 11.8 Å². The zero-order valence-electron chi connectivity index (χ0n) is 10.6. The van der Waals surface area contributed by atoms with Crippen LogP contribution >= 0.6 is 11.5 Å². The van der Waals surface area contributed by atoms with Crippen LogP contribution in [-0.4, -0.2) is 17.5 Å². The fourth-order valence-electron chi connectivity index (χ4n) is 2.80. The molecule has 2 aliphatic rings. The lowest BCUT2D eigenvalue weighted by Crippen LogP contribution is -2.21. The number of hydrogen-bond donors (Lipinski definition) is 1. The quantitative estimate of drug-likeness (QED) is 0.897. The highest BCUT2D eigenvalue weighted by Gasteiger charge is 2.34. The molecule has 3 rings (SSSR count). The lowest BCUT2D eigenvalue weighted by atomic mass is 9.95. The molecule has 1 aliphatic heterocycles. The molecule has 2 N–H and O–H groups in total. The van der Waals surface area contributed by atoms with Crippen molar-refractivity contribution in [2.45, 2.75) is 39.0 Å². The molecule has 1 aliphatic carbocycles. The summed E-state index contributed by atoms with van der Waals surface area (Å²) in [6, 6.07) is 0. The summed E-state index contributed by atoms with van der Waals surface area (Å²) in [5.41, 5.74) is 7.38. The van der Waals surface area contributed by atoms with E-state index in [1.54, 1.807) is 11.5 Å². The standard InChI is InChI=1S/C13H21N3S/c1-8(2)10-5-6-16(7-10)13-11(9-3-4-9)12(14)15-17-13/h8-10H,3-7H2,1-2H3,(H2,14,15). The lowest BCUT2D eigenvalue weighted by molar-refractivity contribution is 0.423. The highest BCUT2D eigenvalue weighted by Crippen LogP contribution is 2.49. The molecular formula is C13H21N3S. The maximum atomic E-state index is 6.02. The van der Waals surface area contributed by atoms with E-state index in [0.717, 1.165) is 17.7 Å². The molecule has 0 bridgehead atoms. The van der Waals surface area contributed by atoms with E-state index in [1.165, 1.54) is 42.9 Å². The summed E-state index contributed by atoms with van der Waals surface area (Å²) in [5, 5.41) is 1.37.